The van der Waals surface area contributed by atoms with Crippen LogP contribution in [-0.2, 0) is 27.5 Å². The zero-order chi connectivity index (χ0) is 20.0. The zero-order valence-corrected chi connectivity index (χ0v) is 16.1. The molecule has 0 aliphatic carbocycles. The Morgan fingerprint density at radius 3 is 2.21 bits per heavy atom. The van der Waals surface area contributed by atoms with Crippen molar-refractivity contribution in [1.29, 1.82) is 5.26 Å². The maximum absolute atomic E-state index is 11.3. The van der Waals surface area contributed by atoms with Crippen LogP contribution in [0.4, 0.5) is 0 Å². The molecule has 0 saturated heterocycles. The van der Waals surface area contributed by atoms with Gasteiger partial charge in [0.25, 0.3) is 10.1 Å². The quantitative estimate of drug-likeness (QED) is 0.560. The molecule has 0 aliphatic heterocycles. The van der Waals surface area contributed by atoms with Gasteiger partial charge in [-0.05, 0) is 28.8 Å². The Balaban J connectivity index is 1.73. The van der Waals surface area contributed by atoms with E-state index in [1.165, 1.54) is 0 Å². The first-order valence-corrected chi connectivity index (χ1v) is 10.4. The minimum atomic E-state index is -3.57. The van der Waals surface area contributed by atoms with E-state index >= 15 is 0 Å². The van der Waals surface area contributed by atoms with Crippen molar-refractivity contribution in [3.63, 3.8) is 0 Å². The summed E-state index contributed by atoms with van der Waals surface area (Å²) in [5.74, 6) is 0.426. The van der Waals surface area contributed by atoms with E-state index in [0.29, 0.717) is 16.9 Å². The molecule has 0 saturated carbocycles. The van der Waals surface area contributed by atoms with Gasteiger partial charge in [-0.15, -0.1) is 0 Å². The van der Waals surface area contributed by atoms with Gasteiger partial charge in [0.2, 0.25) is 0 Å². The smallest absolute Gasteiger partial charge is 0.264 e. The molecule has 3 aromatic rings. The minimum absolute atomic E-state index is 0.146. The van der Waals surface area contributed by atoms with Gasteiger partial charge in [0.15, 0.2) is 0 Å². The molecule has 6 heteroatoms. The monoisotopic (exact) mass is 393 g/mol. The van der Waals surface area contributed by atoms with Crippen LogP contribution in [-0.4, -0.2) is 14.7 Å². The summed E-state index contributed by atoms with van der Waals surface area (Å²) >= 11 is 0. The van der Waals surface area contributed by atoms with E-state index in [1.54, 1.807) is 18.2 Å². The molecule has 0 N–H and O–H groups in total. The Kier molecular flexibility index (Phi) is 6.09. The number of nitriles is 1. The van der Waals surface area contributed by atoms with Gasteiger partial charge >= 0.3 is 0 Å². The van der Waals surface area contributed by atoms with Gasteiger partial charge in [0, 0.05) is 5.56 Å². The maximum atomic E-state index is 11.3. The molecule has 0 atom stereocenters. The summed E-state index contributed by atoms with van der Waals surface area (Å²) in [6, 6.07) is 24.9. The van der Waals surface area contributed by atoms with Gasteiger partial charge in [-0.3, -0.25) is 4.18 Å². The summed E-state index contributed by atoms with van der Waals surface area (Å²) in [6.07, 6.45) is 0.992. The summed E-state index contributed by atoms with van der Waals surface area (Å²) < 4.78 is 33.2. The van der Waals surface area contributed by atoms with Crippen molar-refractivity contribution < 1.29 is 17.3 Å². The van der Waals surface area contributed by atoms with E-state index in [9.17, 15) is 8.42 Å². The van der Waals surface area contributed by atoms with E-state index < -0.39 is 10.1 Å². The van der Waals surface area contributed by atoms with Crippen LogP contribution in [0.1, 0.15) is 16.7 Å². The third-order valence-corrected chi connectivity index (χ3v) is 4.63. The third-order valence-electron chi connectivity index (χ3n) is 4.08. The molecular weight excluding hydrogens is 374 g/mol. The maximum Gasteiger partial charge on any atom is 0.264 e. The lowest BCUT2D eigenvalue weighted by molar-refractivity contribution is 0.277. The summed E-state index contributed by atoms with van der Waals surface area (Å²) in [6.45, 7) is 0.142. The molecule has 28 heavy (non-hydrogen) atoms. The molecule has 0 fully saturated rings. The van der Waals surface area contributed by atoms with E-state index in [1.807, 2.05) is 54.6 Å². The van der Waals surface area contributed by atoms with Crippen molar-refractivity contribution in [3.8, 4) is 22.9 Å². The van der Waals surface area contributed by atoms with Gasteiger partial charge in [-0.2, -0.15) is 13.7 Å². The standard InChI is InChI=1S/C22H19NO4S/c1-28(24,25)27-16-21-12-9-18(14-23)13-22(21)26-15-17-7-10-20(11-8-17)19-5-3-2-4-6-19/h2-13H,15-16H2,1H3. The molecule has 0 heterocycles. The minimum Gasteiger partial charge on any atom is -0.488 e. The van der Waals surface area contributed by atoms with Crippen molar-refractivity contribution in [2.45, 2.75) is 13.2 Å². The van der Waals surface area contributed by atoms with Crippen LogP contribution in [0, 0.1) is 11.3 Å². The highest BCUT2D eigenvalue weighted by atomic mass is 32.2. The largest absolute Gasteiger partial charge is 0.488 e. The summed E-state index contributed by atoms with van der Waals surface area (Å²) in [4.78, 5) is 0. The lowest BCUT2D eigenvalue weighted by atomic mass is 10.0. The highest BCUT2D eigenvalue weighted by Gasteiger charge is 2.10. The van der Waals surface area contributed by atoms with E-state index in [-0.39, 0.29) is 13.2 Å². The van der Waals surface area contributed by atoms with Crippen molar-refractivity contribution in [2.24, 2.45) is 0 Å². The van der Waals surface area contributed by atoms with Crippen LogP contribution < -0.4 is 4.74 Å². The Bertz CT molecular complexity index is 1090. The van der Waals surface area contributed by atoms with Crippen LogP contribution in [0.25, 0.3) is 11.1 Å². The molecule has 5 nitrogen and oxygen atoms in total. The van der Waals surface area contributed by atoms with Crippen LogP contribution in [0.2, 0.25) is 0 Å². The van der Waals surface area contributed by atoms with Crippen molar-refractivity contribution in [3.05, 3.63) is 89.5 Å². The fourth-order valence-corrected chi connectivity index (χ4v) is 2.97. The average Bonchev–Trinajstić information content (AvgIpc) is 2.71. The summed E-state index contributed by atoms with van der Waals surface area (Å²) in [7, 11) is -3.57. The van der Waals surface area contributed by atoms with Gasteiger partial charge < -0.3 is 4.74 Å². The summed E-state index contributed by atoms with van der Waals surface area (Å²) in [5, 5.41) is 9.10. The van der Waals surface area contributed by atoms with Gasteiger partial charge in [-0.1, -0.05) is 60.7 Å². The Labute approximate surface area is 164 Å². The Morgan fingerprint density at radius 2 is 1.57 bits per heavy atom. The molecule has 0 spiro atoms. The Hall–Kier alpha value is -3.14. The second-order valence-electron chi connectivity index (χ2n) is 6.25. The van der Waals surface area contributed by atoms with E-state index in [2.05, 4.69) is 6.07 Å². The second-order valence-corrected chi connectivity index (χ2v) is 7.90. The number of hydrogen-bond acceptors (Lipinski definition) is 5. The summed E-state index contributed by atoms with van der Waals surface area (Å²) in [5.41, 5.74) is 4.19. The molecule has 3 aromatic carbocycles. The van der Waals surface area contributed by atoms with Gasteiger partial charge in [-0.25, -0.2) is 0 Å². The van der Waals surface area contributed by atoms with Crippen LogP contribution in [0.5, 0.6) is 5.75 Å². The molecule has 0 radical (unpaired) electrons. The van der Waals surface area contributed by atoms with Crippen molar-refractivity contribution >= 4 is 10.1 Å². The first kappa shape index (κ1) is 19.6. The molecular formula is C22H19NO4S. The number of hydrogen-bond donors (Lipinski definition) is 0. The van der Waals surface area contributed by atoms with E-state index in [0.717, 1.165) is 22.9 Å². The highest BCUT2D eigenvalue weighted by Crippen LogP contribution is 2.24. The van der Waals surface area contributed by atoms with Crippen molar-refractivity contribution in [2.75, 3.05) is 6.26 Å². The van der Waals surface area contributed by atoms with Crippen LogP contribution in [0.3, 0.4) is 0 Å². The molecule has 3 rings (SSSR count). The first-order chi connectivity index (χ1) is 13.4. The lowest BCUT2D eigenvalue weighted by Gasteiger charge is -2.12. The van der Waals surface area contributed by atoms with E-state index in [4.69, 9.17) is 14.2 Å². The molecule has 0 aromatic heterocycles. The molecule has 142 valence electrons. The number of nitrogens with zero attached hydrogens (tertiary/aromatic N) is 1. The predicted molar refractivity (Wildman–Crippen MR) is 107 cm³/mol. The average molecular weight is 393 g/mol. The molecule has 0 bridgehead atoms. The number of benzene rings is 3. The van der Waals surface area contributed by atoms with Gasteiger partial charge in [0.1, 0.15) is 12.4 Å². The Morgan fingerprint density at radius 1 is 0.893 bits per heavy atom. The topological polar surface area (TPSA) is 76.4 Å². The molecule has 0 aliphatic rings. The zero-order valence-electron chi connectivity index (χ0n) is 15.3. The lowest BCUT2D eigenvalue weighted by Crippen LogP contribution is -2.05. The van der Waals surface area contributed by atoms with Crippen molar-refractivity contribution in [1.82, 2.24) is 0 Å². The fraction of sp³-hybridized carbons (Fsp3) is 0.136. The normalized spacial score (nSPS) is 11.0. The fourth-order valence-electron chi connectivity index (χ4n) is 2.63. The van der Waals surface area contributed by atoms with Crippen LogP contribution in [0.15, 0.2) is 72.8 Å². The number of ether oxygens (including phenoxy) is 1. The molecule has 0 amide bonds. The second kappa shape index (κ2) is 8.70. The SMILES string of the molecule is CS(=O)(=O)OCc1ccc(C#N)cc1OCc1ccc(-c2ccccc2)cc1. The van der Waals surface area contributed by atoms with Gasteiger partial charge in [0.05, 0.1) is 24.5 Å². The predicted octanol–water partition coefficient (Wildman–Crippen LogP) is 4.28. The highest BCUT2D eigenvalue weighted by molar-refractivity contribution is 7.85. The third kappa shape index (κ3) is 5.43. The van der Waals surface area contributed by atoms with Crippen LogP contribution >= 0.6 is 0 Å². The molecule has 0 unspecified atom stereocenters. The number of rotatable bonds is 7. The first-order valence-electron chi connectivity index (χ1n) is 8.59.